The van der Waals surface area contributed by atoms with Gasteiger partial charge >= 0.3 is 5.97 Å². The molecule has 1 atom stereocenters. The third-order valence-corrected chi connectivity index (χ3v) is 1.98. The van der Waals surface area contributed by atoms with Crippen molar-refractivity contribution in [1.29, 1.82) is 0 Å². The Hall–Kier alpha value is -1.43. The molecule has 5 heteroatoms. The summed E-state index contributed by atoms with van der Waals surface area (Å²) in [6.45, 7) is -0.218. The lowest BCUT2D eigenvalue weighted by Crippen LogP contribution is -2.33. The molecule has 1 aromatic rings. The molecular formula is C12H19NO4. The topological polar surface area (TPSA) is 104 Å². The average Bonchev–Trinajstić information content (AvgIpc) is 2.37. The van der Waals surface area contributed by atoms with Crippen LogP contribution in [0, 0.1) is 0 Å². The van der Waals surface area contributed by atoms with Gasteiger partial charge in [0.05, 0.1) is 6.61 Å². The van der Waals surface area contributed by atoms with Crippen molar-refractivity contribution in [2.45, 2.75) is 18.9 Å². The number of nitrogens with two attached hydrogens (primary N) is 1. The third-order valence-electron chi connectivity index (χ3n) is 1.98. The summed E-state index contributed by atoms with van der Waals surface area (Å²) in [6, 6.07) is 9.08. The number of hydrogen-bond acceptors (Lipinski definition) is 4. The number of rotatable bonds is 5. The van der Waals surface area contributed by atoms with Gasteiger partial charge < -0.3 is 21.1 Å². The van der Waals surface area contributed by atoms with Gasteiger partial charge in [0.2, 0.25) is 0 Å². The van der Waals surface area contributed by atoms with E-state index in [1.807, 2.05) is 18.2 Å². The average molecular weight is 241 g/mol. The number of hydrogen-bond donors (Lipinski definition) is 4. The van der Waals surface area contributed by atoms with Gasteiger partial charge in [-0.3, -0.25) is 4.79 Å². The molecule has 0 aliphatic rings. The normalized spacial score (nSPS) is 11.2. The van der Waals surface area contributed by atoms with Crippen LogP contribution in [0.25, 0.3) is 0 Å². The maximum Gasteiger partial charge on any atom is 0.322 e. The van der Waals surface area contributed by atoms with Crippen LogP contribution in [-0.2, 0) is 11.2 Å². The first-order chi connectivity index (χ1) is 8.11. The second kappa shape index (κ2) is 9.77. The van der Waals surface area contributed by atoms with E-state index in [0.717, 1.165) is 12.8 Å². The third kappa shape index (κ3) is 8.38. The maximum absolute atomic E-state index is 9.65. The molecule has 1 unspecified atom stereocenters. The molecule has 17 heavy (non-hydrogen) atoms. The number of aryl methyl sites for hydroxylation is 1. The number of aliphatic hydroxyl groups is 2. The summed E-state index contributed by atoms with van der Waals surface area (Å²) in [5.74, 6) is -1.18. The number of aliphatic hydroxyl groups excluding tert-OH is 2. The molecule has 96 valence electrons. The molecule has 0 amide bonds. The fraction of sp³-hybridized carbons (Fsp3) is 0.417. The van der Waals surface area contributed by atoms with Gasteiger partial charge in [-0.05, 0) is 18.4 Å². The van der Waals surface area contributed by atoms with Crippen molar-refractivity contribution < 1.29 is 20.1 Å². The van der Waals surface area contributed by atoms with E-state index >= 15 is 0 Å². The van der Waals surface area contributed by atoms with Gasteiger partial charge in [0.25, 0.3) is 0 Å². The van der Waals surface area contributed by atoms with E-state index in [1.165, 1.54) is 5.56 Å². The number of aliphatic carboxylic acids is 1. The monoisotopic (exact) mass is 241 g/mol. The molecule has 5 N–H and O–H groups in total. The van der Waals surface area contributed by atoms with Crippen LogP contribution in [0.1, 0.15) is 12.0 Å². The van der Waals surface area contributed by atoms with Crippen molar-refractivity contribution >= 4 is 5.97 Å². The minimum atomic E-state index is -1.18. The SMILES string of the molecule is NC(CO)C(=O)O.OCCCc1ccccc1. The van der Waals surface area contributed by atoms with Gasteiger partial charge in [-0.2, -0.15) is 0 Å². The first-order valence-corrected chi connectivity index (χ1v) is 5.35. The van der Waals surface area contributed by atoms with Crippen LogP contribution in [0.4, 0.5) is 0 Å². The van der Waals surface area contributed by atoms with Gasteiger partial charge in [0.1, 0.15) is 6.04 Å². The van der Waals surface area contributed by atoms with E-state index in [1.54, 1.807) is 0 Å². The van der Waals surface area contributed by atoms with E-state index < -0.39 is 18.6 Å². The minimum absolute atomic E-state index is 0.287. The molecule has 0 aliphatic heterocycles. The molecule has 1 rings (SSSR count). The fourth-order valence-corrected chi connectivity index (χ4v) is 1.01. The van der Waals surface area contributed by atoms with E-state index in [0.29, 0.717) is 0 Å². The molecule has 5 nitrogen and oxygen atoms in total. The second-order valence-corrected chi connectivity index (χ2v) is 3.44. The van der Waals surface area contributed by atoms with Crippen molar-refractivity contribution in [3.8, 4) is 0 Å². The highest BCUT2D eigenvalue weighted by atomic mass is 16.4. The van der Waals surface area contributed by atoms with E-state index in [2.05, 4.69) is 12.1 Å². The molecule has 0 spiro atoms. The largest absolute Gasteiger partial charge is 0.480 e. The summed E-state index contributed by atoms with van der Waals surface area (Å²) in [5, 5.41) is 24.4. The van der Waals surface area contributed by atoms with Gasteiger partial charge in [0.15, 0.2) is 0 Å². The first kappa shape index (κ1) is 15.6. The standard InChI is InChI=1S/C9H12O.C3H7NO3/c10-8-4-7-9-5-2-1-3-6-9;4-2(1-5)3(6)7/h1-3,5-6,10H,4,7-8H2;2,5H,1,4H2,(H,6,7). The van der Waals surface area contributed by atoms with Crippen molar-refractivity contribution in [2.75, 3.05) is 13.2 Å². The lowest BCUT2D eigenvalue weighted by molar-refractivity contribution is -0.139. The lowest BCUT2D eigenvalue weighted by Gasteiger charge is -1.96. The van der Waals surface area contributed by atoms with Crippen LogP contribution in [-0.4, -0.2) is 40.5 Å². The zero-order chi connectivity index (χ0) is 13.1. The summed E-state index contributed by atoms with van der Waals surface area (Å²) >= 11 is 0. The lowest BCUT2D eigenvalue weighted by atomic mass is 10.1. The molecule has 0 saturated carbocycles. The summed E-state index contributed by atoms with van der Waals surface area (Å²) < 4.78 is 0. The highest BCUT2D eigenvalue weighted by Gasteiger charge is 2.06. The molecule has 0 bridgehead atoms. The van der Waals surface area contributed by atoms with Crippen molar-refractivity contribution in [2.24, 2.45) is 5.73 Å². The molecular weight excluding hydrogens is 222 g/mol. The van der Waals surface area contributed by atoms with Crippen LogP contribution in [0.2, 0.25) is 0 Å². The second-order valence-electron chi connectivity index (χ2n) is 3.44. The van der Waals surface area contributed by atoms with E-state index in [4.69, 9.17) is 21.1 Å². The quantitative estimate of drug-likeness (QED) is 0.581. The van der Waals surface area contributed by atoms with Crippen molar-refractivity contribution in [3.63, 3.8) is 0 Å². The van der Waals surface area contributed by atoms with Crippen molar-refractivity contribution in [1.82, 2.24) is 0 Å². The Morgan fingerprint density at radius 1 is 1.24 bits per heavy atom. The van der Waals surface area contributed by atoms with E-state index in [-0.39, 0.29) is 6.61 Å². The zero-order valence-electron chi connectivity index (χ0n) is 9.62. The molecule has 0 radical (unpaired) electrons. The van der Waals surface area contributed by atoms with Crippen LogP contribution in [0.5, 0.6) is 0 Å². The predicted molar refractivity (Wildman–Crippen MR) is 64.5 cm³/mol. The molecule has 0 fully saturated rings. The molecule has 0 heterocycles. The summed E-state index contributed by atoms with van der Waals surface area (Å²) in [6.07, 6.45) is 1.85. The van der Waals surface area contributed by atoms with Crippen molar-refractivity contribution in [3.05, 3.63) is 35.9 Å². The highest BCUT2D eigenvalue weighted by Crippen LogP contribution is 2.00. The van der Waals surface area contributed by atoms with Gasteiger partial charge in [-0.1, -0.05) is 30.3 Å². The van der Waals surface area contributed by atoms with Crippen LogP contribution < -0.4 is 5.73 Å². The number of benzene rings is 1. The molecule has 1 aromatic carbocycles. The summed E-state index contributed by atoms with van der Waals surface area (Å²) in [7, 11) is 0. The van der Waals surface area contributed by atoms with Gasteiger partial charge in [0, 0.05) is 6.61 Å². The van der Waals surface area contributed by atoms with Gasteiger partial charge in [-0.15, -0.1) is 0 Å². The van der Waals surface area contributed by atoms with Crippen LogP contribution >= 0.6 is 0 Å². The van der Waals surface area contributed by atoms with E-state index in [9.17, 15) is 4.79 Å². The summed E-state index contributed by atoms with van der Waals surface area (Å²) in [4.78, 5) is 9.65. The summed E-state index contributed by atoms with van der Waals surface area (Å²) in [5.41, 5.74) is 6.07. The maximum atomic E-state index is 9.65. The number of carboxylic acids is 1. The van der Waals surface area contributed by atoms with Crippen LogP contribution in [0.3, 0.4) is 0 Å². The zero-order valence-corrected chi connectivity index (χ0v) is 9.62. The number of carboxylic acid groups (broad SMARTS) is 1. The smallest absolute Gasteiger partial charge is 0.322 e. The van der Waals surface area contributed by atoms with Crippen LogP contribution in [0.15, 0.2) is 30.3 Å². The fourth-order valence-electron chi connectivity index (χ4n) is 1.01. The Bertz CT molecular complexity index is 303. The Labute approximate surface area is 101 Å². The number of carbonyl (C=O) groups is 1. The Balaban J connectivity index is 0.000000325. The highest BCUT2D eigenvalue weighted by molar-refractivity contribution is 5.73. The molecule has 0 saturated heterocycles. The molecule has 0 aliphatic carbocycles. The van der Waals surface area contributed by atoms with Gasteiger partial charge in [-0.25, -0.2) is 0 Å². The predicted octanol–water partition coefficient (Wildman–Crippen LogP) is 0.00210. The Morgan fingerprint density at radius 2 is 1.82 bits per heavy atom. The first-order valence-electron chi connectivity index (χ1n) is 5.35. The minimum Gasteiger partial charge on any atom is -0.480 e. The molecule has 0 aromatic heterocycles. The Morgan fingerprint density at radius 3 is 2.18 bits per heavy atom. The Kier molecular flexibility index (Phi) is 8.95.